The van der Waals surface area contributed by atoms with E-state index >= 15 is 0 Å². The lowest BCUT2D eigenvalue weighted by Crippen LogP contribution is -2.37. The monoisotopic (exact) mass is 223 g/mol. The number of carbonyl (C=O) groups is 1. The first-order valence-corrected chi connectivity index (χ1v) is 5.14. The van der Waals surface area contributed by atoms with Crippen LogP contribution in [0.5, 0.6) is 0 Å². The Balaban J connectivity index is 2.71. The van der Waals surface area contributed by atoms with Gasteiger partial charge in [0.15, 0.2) is 0 Å². The minimum Gasteiger partial charge on any atom is -0.462 e. The van der Waals surface area contributed by atoms with Crippen LogP contribution < -0.4 is 16.6 Å². The predicted octanol–water partition coefficient (Wildman–Crippen LogP) is 0.545. The normalized spacial score (nSPS) is 12.2. The van der Waals surface area contributed by atoms with Crippen molar-refractivity contribution < 1.29 is 9.53 Å². The van der Waals surface area contributed by atoms with Crippen LogP contribution in [-0.2, 0) is 4.74 Å². The van der Waals surface area contributed by atoms with Crippen LogP contribution in [0.1, 0.15) is 29.0 Å². The van der Waals surface area contributed by atoms with Crippen molar-refractivity contribution in [1.82, 2.24) is 10.9 Å². The van der Waals surface area contributed by atoms with Gasteiger partial charge in [-0.3, -0.25) is 5.43 Å². The molecule has 1 unspecified atom stereocenters. The molecule has 0 radical (unpaired) electrons. The molecule has 5 heteroatoms. The molecule has 0 saturated carbocycles. The van der Waals surface area contributed by atoms with Gasteiger partial charge in [0.1, 0.15) is 0 Å². The summed E-state index contributed by atoms with van der Waals surface area (Å²) in [5.74, 6) is -0.316. The highest BCUT2D eigenvalue weighted by Crippen LogP contribution is 2.10. The molecule has 4 N–H and O–H groups in total. The Bertz CT molecular complexity index is 338. The Hall–Kier alpha value is -1.43. The van der Waals surface area contributed by atoms with Crippen molar-refractivity contribution in [2.75, 3.05) is 13.7 Å². The van der Waals surface area contributed by atoms with Gasteiger partial charge < -0.3 is 10.5 Å². The van der Waals surface area contributed by atoms with Gasteiger partial charge in [-0.05, 0) is 31.7 Å². The van der Waals surface area contributed by atoms with Crippen LogP contribution in [-0.4, -0.2) is 19.6 Å². The SMILES string of the molecule is CCOC(=O)c1ccc(C(N)NNC)cc1. The summed E-state index contributed by atoms with van der Waals surface area (Å²) < 4.78 is 4.88. The summed E-state index contributed by atoms with van der Waals surface area (Å²) in [7, 11) is 1.74. The van der Waals surface area contributed by atoms with Crippen molar-refractivity contribution in [3.63, 3.8) is 0 Å². The quantitative estimate of drug-likeness (QED) is 0.386. The van der Waals surface area contributed by atoms with E-state index in [2.05, 4.69) is 10.9 Å². The molecule has 0 spiro atoms. The van der Waals surface area contributed by atoms with Gasteiger partial charge in [-0.2, -0.15) is 0 Å². The van der Waals surface area contributed by atoms with E-state index in [1.165, 1.54) is 0 Å². The Labute approximate surface area is 94.9 Å². The van der Waals surface area contributed by atoms with E-state index in [1.54, 1.807) is 38.2 Å². The predicted molar refractivity (Wildman–Crippen MR) is 61.5 cm³/mol. The van der Waals surface area contributed by atoms with E-state index in [4.69, 9.17) is 10.5 Å². The minimum absolute atomic E-state index is 0.304. The van der Waals surface area contributed by atoms with Crippen LogP contribution in [0.2, 0.25) is 0 Å². The van der Waals surface area contributed by atoms with E-state index in [1.807, 2.05) is 0 Å². The van der Waals surface area contributed by atoms with Crippen molar-refractivity contribution in [2.24, 2.45) is 5.73 Å². The third-order valence-corrected chi connectivity index (χ3v) is 2.08. The lowest BCUT2D eigenvalue weighted by atomic mass is 10.1. The van der Waals surface area contributed by atoms with Crippen LogP contribution >= 0.6 is 0 Å². The Morgan fingerprint density at radius 2 is 2.06 bits per heavy atom. The molecule has 1 aromatic carbocycles. The Morgan fingerprint density at radius 3 is 2.56 bits per heavy atom. The average Bonchev–Trinajstić information content (AvgIpc) is 2.30. The highest BCUT2D eigenvalue weighted by Gasteiger charge is 2.08. The zero-order chi connectivity index (χ0) is 12.0. The van der Waals surface area contributed by atoms with E-state index in [0.29, 0.717) is 12.2 Å². The summed E-state index contributed by atoms with van der Waals surface area (Å²) in [5, 5.41) is 0. The molecule has 1 atom stereocenters. The summed E-state index contributed by atoms with van der Waals surface area (Å²) in [6.07, 6.45) is -0.304. The second-order valence-electron chi connectivity index (χ2n) is 3.21. The van der Waals surface area contributed by atoms with Gasteiger partial charge in [0.05, 0.1) is 18.3 Å². The number of hydrazine groups is 1. The number of benzene rings is 1. The fraction of sp³-hybridized carbons (Fsp3) is 0.364. The van der Waals surface area contributed by atoms with Gasteiger partial charge >= 0.3 is 5.97 Å². The molecule has 0 amide bonds. The van der Waals surface area contributed by atoms with Crippen LogP contribution in [0.4, 0.5) is 0 Å². The Kier molecular flexibility index (Phi) is 4.91. The zero-order valence-electron chi connectivity index (χ0n) is 9.49. The topological polar surface area (TPSA) is 76.4 Å². The third-order valence-electron chi connectivity index (χ3n) is 2.08. The lowest BCUT2D eigenvalue weighted by molar-refractivity contribution is 0.0526. The molecule has 0 aliphatic rings. The highest BCUT2D eigenvalue weighted by molar-refractivity contribution is 5.89. The summed E-state index contributed by atoms with van der Waals surface area (Å²) >= 11 is 0. The van der Waals surface area contributed by atoms with Crippen LogP contribution in [0.15, 0.2) is 24.3 Å². The van der Waals surface area contributed by atoms with Crippen molar-refractivity contribution in [1.29, 1.82) is 0 Å². The first kappa shape index (κ1) is 12.6. The molecular weight excluding hydrogens is 206 g/mol. The molecule has 0 aliphatic heterocycles. The van der Waals surface area contributed by atoms with Crippen molar-refractivity contribution in [3.8, 4) is 0 Å². The number of ether oxygens (including phenoxy) is 1. The van der Waals surface area contributed by atoms with Gasteiger partial charge in [-0.1, -0.05) is 12.1 Å². The number of hydrogen-bond donors (Lipinski definition) is 3. The molecule has 0 heterocycles. The molecule has 0 fully saturated rings. The van der Waals surface area contributed by atoms with Crippen molar-refractivity contribution in [2.45, 2.75) is 13.1 Å². The maximum Gasteiger partial charge on any atom is 0.338 e. The number of carbonyl (C=O) groups excluding carboxylic acids is 1. The second kappa shape index (κ2) is 6.22. The molecule has 88 valence electrons. The fourth-order valence-electron chi connectivity index (χ4n) is 1.28. The first-order chi connectivity index (χ1) is 7.69. The number of rotatable bonds is 5. The number of nitrogens with two attached hydrogens (primary N) is 1. The second-order valence-corrected chi connectivity index (χ2v) is 3.21. The summed E-state index contributed by atoms with van der Waals surface area (Å²) in [5.41, 5.74) is 12.8. The van der Waals surface area contributed by atoms with E-state index in [-0.39, 0.29) is 12.1 Å². The molecule has 0 aromatic heterocycles. The lowest BCUT2D eigenvalue weighted by Gasteiger charge is -2.13. The summed E-state index contributed by atoms with van der Waals surface area (Å²) in [4.78, 5) is 11.4. The molecular formula is C11H17N3O2. The van der Waals surface area contributed by atoms with Gasteiger partial charge in [0.2, 0.25) is 0 Å². The number of esters is 1. The number of nitrogens with one attached hydrogen (secondary N) is 2. The van der Waals surface area contributed by atoms with Crippen LogP contribution in [0.3, 0.4) is 0 Å². The molecule has 1 rings (SSSR count). The zero-order valence-corrected chi connectivity index (χ0v) is 9.49. The highest BCUT2D eigenvalue weighted by atomic mass is 16.5. The molecule has 0 aliphatic carbocycles. The average molecular weight is 223 g/mol. The smallest absolute Gasteiger partial charge is 0.338 e. The van der Waals surface area contributed by atoms with Gasteiger partial charge in [-0.25, -0.2) is 10.2 Å². The standard InChI is InChI=1S/C11H17N3O2/c1-3-16-11(15)9-6-4-8(5-7-9)10(12)14-13-2/h4-7,10,13-14H,3,12H2,1-2H3. The fourth-order valence-corrected chi connectivity index (χ4v) is 1.28. The molecule has 16 heavy (non-hydrogen) atoms. The summed E-state index contributed by atoms with van der Waals surface area (Å²) in [6.45, 7) is 2.15. The molecule has 5 nitrogen and oxygen atoms in total. The number of hydrogen-bond acceptors (Lipinski definition) is 5. The largest absolute Gasteiger partial charge is 0.462 e. The molecule has 1 aromatic rings. The molecule has 0 saturated heterocycles. The molecule has 0 bridgehead atoms. The summed E-state index contributed by atoms with van der Waals surface area (Å²) in [6, 6.07) is 6.98. The van der Waals surface area contributed by atoms with E-state index in [0.717, 1.165) is 5.56 Å². The first-order valence-electron chi connectivity index (χ1n) is 5.14. The van der Waals surface area contributed by atoms with Crippen molar-refractivity contribution in [3.05, 3.63) is 35.4 Å². The van der Waals surface area contributed by atoms with Gasteiger partial charge in [0.25, 0.3) is 0 Å². The minimum atomic E-state index is -0.316. The van der Waals surface area contributed by atoms with Gasteiger partial charge in [-0.15, -0.1) is 0 Å². The van der Waals surface area contributed by atoms with Crippen LogP contribution in [0.25, 0.3) is 0 Å². The third kappa shape index (κ3) is 3.30. The maximum atomic E-state index is 11.4. The van der Waals surface area contributed by atoms with E-state index in [9.17, 15) is 4.79 Å². The van der Waals surface area contributed by atoms with Crippen molar-refractivity contribution >= 4 is 5.97 Å². The Morgan fingerprint density at radius 1 is 1.44 bits per heavy atom. The maximum absolute atomic E-state index is 11.4. The van der Waals surface area contributed by atoms with Crippen LogP contribution in [0, 0.1) is 0 Å². The van der Waals surface area contributed by atoms with E-state index < -0.39 is 0 Å². The van der Waals surface area contributed by atoms with Gasteiger partial charge in [0, 0.05) is 0 Å².